The normalized spacial score (nSPS) is 17.1. The van der Waals surface area contributed by atoms with Gasteiger partial charge in [-0.3, -0.25) is 14.4 Å². The van der Waals surface area contributed by atoms with Crippen molar-refractivity contribution in [3.05, 3.63) is 71.8 Å². The van der Waals surface area contributed by atoms with Crippen LogP contribution in [0.4, 0.5) is 0 Å². The molecule has 0 saturated carbocycles. The van der Waals surface area contributed by atoms with Gasteiger partial charge in [-0.2, -0.15) is 0 Å². The summed E-state index contributed by atoms with van der Waals surface area (Å²) < 4.78 is 0. The number of nitrogens with one attached hydrogen (secondary N) is 1. The maximum absolute atomic E-state index is 13.0. The van der Waals surface area contributed by atoms with E-state index in [0.717, 1.165) is 22.9 Å². The molecule has 1 aliphatic rings. The van der Waals surface area contributed by atoms with Crippen molar-refractivity contribution in [3.63, 3.8) is 0 Å². The third-order valence-corrected chi connectivity index (χ3v) is 6.98. The number of likely N-dealkylation sites (tertiary alicyclic amines) is 1. The molecule has 2 aromatic rings. The van der Waals surface area contributed by atoms with Crippen LogP contribution in [-0.4, -0.2) is 57.3 Å². The number of hydrogen-bond acceptors (Lipinski definition) is 5. The molecule has 1 saturated heterocycles. The molecule has 1 aliphatic heterocycles. The van der Waals surface area contributed by atoms with Gasteiger partial charge in [0, 0.05) is 31.1 Å². The minimum atomic E-state index is -1.12. The summed E-state index contributed by atoms with van der Waals surface area (Å²) >= 11 is 1.13. The zero-order chi connectivity index (χ0) is 24.5. The number of carbonyl (C=O) groups is 4. The molecule has 2 N–H and O–H groups in total. The predicted molar refractivity (Wildman–Crippen MR) is 131 cm³/mol. The Labute approximate surface area is 203 Å². The van der Waals surface area contributed by atoms with Gasteiger partial charge < -0.3 is 15.3 Å². The molecule has 2 aromatic carbocycles. The Morgan fingerprint density at radius 1 is 1.03 bits per heavy atom. The summed E-state index contributed by atoms with van der Waals surface area (Å²) in [5.41, 5.74) is 1.74. The molecule has 0 aromatic heterocycles. The lowest BCUT2D eigenvalue weighted by molar-refractivity contribution is -0.144. The molecule has 0 radical (unpaired) electrons. The molecule has 1 heterocycles. The first-order chi connectivity index (χ1) is 16.3. The van der Waals surface area contributed by atoms with Crippen molar-refractivity contribution in [2.45, 2.75) is 44.7 Å². The Balaban J connectivity index is 1.54. The van der Waals surface area contributed by atoms with E-state index in [9.17, 15) is 24.3 Å². The molecule has 0 bridgehead atoms. The second-order valence-corrected chi connectivity index (χ2v) is 9.60. The minimum Gasteiger partial charge on any atom is -0.480 e. The first kappa shape index (κ1) is 25.5. The molecule has 3 atom stereocenters. The van der Waals surface area contributed by atoms with Crippen molar-refractivity contribution < 1.29 is 24.3 Å². The number of thioether (sulfide) groups is 1. The summed E-state index contributed by atoms with van der Waals surface area (Å²) in [6.07, 6.45) is 1.63. The van der Waals surface area contributed by atoms with Gasteiger partial charge in [0.1, 0.15) is 12.1 Å². The number of hydrogen-bond donors (Lipinski definition) is 2. The second kappa shape index (κ2) is 12.4. The minimum absolute atomic E-state index is 0.00761. The number of carboxylic acid groups (broad SMARTS) is 1. The second-order valence-electron chi connectivity index (χ2n) is 8.53. The van der Waals surface area contributed by atoms with E-state index < -0.39 is 29.9 Å². The maximum Gasteiger partial charge on any atom is 0.326 e. The number of carbonyl (C=O) groups excluding carboxylic acids is 3. The number of nitrogens with zero attached hydrogens (tertiary/aromatic N) is 1. The van der Waals surface area contributed by atoms with Gasteiger partial charge in [-0.05, 0) is 24.0 Å². The van der Waals surface area contributed by atoms with Crippen molar-refractivity contribution >= 4 is 34.7 Å². The monoisotopic (exact) mass is 482 g/mol. The van der Waals surface area contributed by atoms with Gasteiger partial charge in [0.2, 0.25) is 11.8 Å². The van der Waals surface area contributed by atoms with Crippen molar-refractivity contribution in [2.24, 2.45) is 5.92 Å². The van der Waals surface area contributed by atoms with Crippen LogP contribution in [0.5, 0.6) is 0 Å². The van der Waals surface area contributed by atoms with E-state index in [1.807, 2.05) is 60.7 Å². The van der Waals surface area contributed by atoms with Crippen LogP contribution in [0.3, 0.4) is 0 Å². The number of amides is 2. The summed E-state index contributed by atoms with van der Waals surface area (Å²) in [5.74, 6) is -1.85. The Bertz CT molecular complexity index is 999. The van der Waals surface area contributed by atoms with Crippen LogP contribution in [0.25, 0.3) is 0 Å². The number of carboxylic acids is 1. The van der Waals surface area contributed by atoms with Crippen LogP contribution in [0.1, 0.15) is 30.9 Å². The van der Waals surface area contributed by atoms with Gasteiger partial charge in [0.15, 0.2) is 5.12 Å². The van der Waals surface area contributed by atoms with Crippen LogP contribution in [0.2, 0.25) is 0 Å². The van der Waals surface area contributed by atoms with Crippen molar-refractivity contribution in [3.8, 4) is 0 Å². The highest BCUT2D eigenvalue weighted by Crippen LogP contribution is 2.23. The van der Waals surface area contributed by atoms with Crippen LogP contribution in [0, 0.1) is 5.92 Å². The largest absolute Gasteiger partial charge is 0.480 e. The highest BCUT2D eigenvalue weighted by atomic mass is 32.2. The summed E-state index contributed by atoms with van der Waals surface area (Å²) in [7, 11) is 0. The lowest BCUT2D eigenvalue weighted by atomic mass is 10.1. The smallest absolute Gasteiger partial charge is 0.326 e. The number of benzene rings is 2. The van der Waals surface area contributed by atoms with Gasteiger partial charge >= 0.3 is 5.97 Å². The van der Waals surface area contributed by atoms with Crippen LogP contribution in [0.15, 0.2) is 60.7 Å². The van der Waals surface area contributed by atoms with Crippen LogP contribution >= 0.6 is 11.8 Å². The van der Waals surface area contributed by atoms with Gasteiger partial charge in [0.25, 0.3) is 0 Å². The highest BCUT2D eigenvalue weighted by molar-refractivity contribution is 8.13. The van der Waals surface area contributed by atoms with Crippen LogP contribution in [-0.2, 0) is 32.0 Å². The van der Waals surface area contributed by atoms with E-state index in [1.54, 1.807) is 6.92 Å². The molecule has 0 aliphatic carbocycles. The fraction of sp³-hybridized carbons (Fsp3) is 0.385. The van der Waals surface area contributed by atoms with Crippen LogP contribution < -0.4 is 5.32 Å². The molecular weight excluding hydrogens is 452 g/mol. The van der Waals surface area contributed by atoms with E-state index in [0.29, 0.717) is 31.6 Å². The Hall–Kier alpha value is -3.13. The summed E-state index contributed by atoms with van der Waals surface area (Å²) in [5, 5.41) is 12.2. The summed E-state index contributed by atoms with van der Waals surface area (Å²) in [4.78, 5) is 51.5. The van der Waals surface area contributed by atoms with E-state index in [2.05, 4.69) is 5.32 Å². The Morgan fingerprint density at radius 2 is 1.65 bits per heavy atom. The molecular formula is C26H30N2O5S. The zero-order valence-electron chi connectivity index (χ0n) is 19.2. The van der Waals surface area contributed by atoms with Crippen molar-refractivity contribution in [1.29, 1.82) is 0 Å². The van der Waals surface area contributed by atoms with Gasteiger partial charge in [-0.15, -0.1) is 0 Å². The molecule has 7 nitrogen and oxygen atoms in total. The molecule has 3 rings (SSSR count). The fourth-order valence-corrected chi connectivity index (χ4v) is 4.85. The van der Waals surface area contributed by atoms with Gasteiger partial charge in [-0.1, -0.05) is 79.3 Å². The quantitative estimate of drug-likeness (QED) is 0.540. The fourth-order valence-electron chi connectivity index (χ4n) is 4.01. The third kappa shape index (κ3) is 7.18. The van der Waals surface area contributed by atoms with E-state index in [1.165, 1.54) is 4.90 Å². The zero-order valence-corrected chi connectivity index (χ0v) is 20.0. The summed E-state index contributed by atoms with van der Waals surface area (Å²) in [6.45, 7) is 2.20. The molecule has 8 heteroatoms. The van der Waals surface area contributed by atoms with E-state index >= 15 is 0 Å². The summed E-state index contributed by atoms with van der Waals surface area (Å²) in [6, 6.07) is 16.8. The highest BCUT2D eigenvalue weighted by Gasteiger charge is 2.37. The Kier molecular flexibility index (Phi) is 9.27. The van der Waals surface area contributed by atoms with Crippen molar-refractivity contribution in [1.82, 2.24) is 10.2 Å². The Morgan fingerprint density at radius 3 is 2.26 bits per heavy atom. The SMILES string of the molecule is CC(CSC(=O)Cc1ccccc1)C(=O)N1CCC[C@H]1C(=O)N[C@@H](Cc1ccccc1)C(=O)O. The maximum atomic E-state index is 13.0. The average Bonchev–Trinajstić information content (AvgIpc) is 3.33. The molecule has 1 fully saturated rings. The number of aliphatic carboxylic acids is 1. The molecule has 0 spiro atoms. The lowest BCUT2D eigenvalue weighted by Gasteiger charge is -2.27. The molecule has 1 unspecified atom stereocenters. The first-order valence-electron chi connectivity index (χ1n) is 11.4. The topological polar surface area (TPSA) is 104 Å². The van der Waals surface area contributed by atoms with E-state index in [4.69, 9.17) is 0 Å². The van der Waals surface area contributed by atoms with E-state index in [-0.39, 0.29) is 17.4 Å². The first-order valence-corrected chi connectivity index (χ1v) is 12.4. The third-order valence-electron chi connectivity index (χ3n) is 5.84. The lowest BCUT2D eigenvalue weighted by Crippen LogP contribution is -2.52. The van der Waals surface area contributed by atoms with Gasteiger partial charge in [0.05, 0.1) is 0 Å². The predicted octanol–water partition coefficient (Wildman–Crippen LogP) is 2.93. The molecule has 180 valence electrons. The van der Waals surface area contributed by atoms with Gasteiger partial charge in [-0.25, -0.2) is 4.79 Å². The molecule has 34 heavy (non-hydrogen) atoms. The van der Waals surface area contributed by atoms with Crippen molar-refractivity contribution in [2.75, 3.05) is 12.3 Å². The standard InChI is InChI=1S/C26H30N2O5S/c1-18(17-34-23(29)16-20-11-6-3-7-12-20)25(31)28-14-8-13-22(28)24(30)27-21(26(32)33)15-19-9-4-2-5-10-19/h2-7,9-12,18,21-22H,8,13-17H2,1H3,(H,27,30)(H,32,33)/t18?,21-,22-/m0/s1. The average molecular weight is 483 g/mol. The molecule has 2 amide bonds. The number of rotatable bonds is 10.